The smallest absolute Gasteiger partial charge is 0.101 e. The summed E-state index contributed by atoms with van der Waals surface area (Å²) in [4.78, 5) is 0. The van der Waals surface area contributed by atoms with Crippen LogP contribution in [0.25, 0.3) is 0 Å². The molecule has 2 aromatic rings. The average molecular weight is 230 g/mol. The highest BCUT2D eigenvalue weighted by atomic mass is 16.3. The van der Waals surface area contributed by atoms with Gasteiger partial charge in [0, 0.05) is 5.56 Å². The zero-order valence-corrected chi connectivity index (χ0v) is 10.4. The van der Waals surface area contributed by atoms with E-state index < -0.39 is 0 Å². The molecule has 3 nitrogen and oxygen atoms in total. The van der Waals surface area contributed by atoms with Gasteiger partial charge in [-0.25, -0.2) is 5.43 Å². The Morgan fingerprint density at radius 1 is 1.06 bits per heavy atom. The minimum atomic E-state index is -0.0215. The molecule has 2 rings (SSSR count). The van der Waals surface area contributed by atoms with Crippen LogP contribution in [0.5, 0.6) is 0 Å². The number of nitrogens with one attached hydrogen (secondary N) is 1. The van der Waals surface area contributed by atoms with Crippen LogP contribution in [-0.2, 0) is 0 Å². The van der Waals surface area contributed by atoms with E-state index in [1.807, 2.05) is 13.0 Å². The minimum Gasteiger partial charge on any atom is -0.469 e. The van der Waals surface area contributed by atoms with Gasteiger partial charge in [0.05, 0.1) is 12.3 Å². The number of hydrogen-bond acceptors (Lipinski definition) is 3. The van der Waals surface area contributed by atoms with Crippen LogP contribution in [0.4, 0.5) is 0 Å². The van der Waals surface area contributed by atoms with Crippen LogP contribution in [0.15, 0.2) is 34.9 Å². The fourth-order valence-electron chi connectivity index (χ4n) is 1.94. The van der Waals surface area contributed by atoms with Gasteiger partial charge in [0.1, 0.15) is 5.76 Å². The first-order valence-corrected chi connectivity index (χ1v) is 5.70. The Balaban J connectivity index is 2.38. The maximum Gasteiger partial charge on any atom is 0.101 e. The molecular formula is C14H18N2O. The molecule has 0 fully saturated rings. The van der Waals surface area contributed by atoms with Gasteiger partial charge in [0.15, 0.2) is 0 Å². The van der Waals surface area contributed by atoms with Crippen molar-refractivity contribution in [1.82, 2.24) is 5.43 Å². The number of hydrazine groups is 1. The summed E-state index contributed by atoms with van der Waals surface area (Å²) in [6, 6.07) is 8.34. The minimum absolute atomic E-state index is 0.0215. The molecule has 1 atom stereocenters. The van der Waals surface area contributed by atoms with Crippen molar-refractivity contribution in [2.75, 3.05) is 0 Å². The summed E-state index contributed by atoms with van der Waals surface area (Å²) in [6.45, 7) is 6.14. The van der Waals surface area contributed by atoms with Gasteiger partial charge < -0.3 is 4.42 Å². The quantitative estimate of drug-likeness (QED) is 0.629. The second-order valence-corrected chi connectivity index (χ2v) is 4.43. The molecule has 0 radical (unpaired) electrons. The molecule has 3 N–H and O–H groups in total. The number of nitrogens with two attached hydrogens (primary N) is 1. The molecule has 1 aromatic carbocycles. The van der Waals surface area contributed by atoms with Crippen molar-refractivity contribution in [2.45, 2.75) is 26.8 Å². The van der Waals surface area contributed by atoms with Gasteiger partial charge in [-0.15, -0.1) is 0 Å². The summed E-state index contributed by atoms with van der Waals surface area (Å²) < 4.78 is 5.33. The summed E-state index contributed by atoms with van der Waals surface area (Å²) in [6.07, 6.45) is 1.75. The van der Waals surface area contributed by atoms with Crippen LogP contribution in [0.3, 0.4) is 0 Å². The largest absolute Gasteiger partial charge is 0.469 e. The van der Waals surface area contributed by atoms with Crippen molar-refractivity contribution in [3.8, 4) is 0 Å². The zero-order chi connectivity index (χ0) is 12.4. The highest BCUT2D eigenvalue weighted by Crippen LogP contribution is 2.24. The molecule has 1 heterocycles. The Kier molecular flexibility index (Phi) is 3.31. The van der Waals surface area contributed by atoms with Crippen molar-refractivity contribution in [1.29, 1.82) is 0 Å². The number of hydrogen-bond donors (Lipinski definition) is 2. The molecule has 1 unspecified atom stereocenters. The monoisotopic (exact) mass is 230 g/mol. The first-order chi connectivity index (χ1) is 8.11. The molecule has 0 bridgehead atoms. The molecule has 0 saturated heterocycles. The van der Waals surface area contributed by atoms with Crippen LogP contribution >= 0.6 is 0 Å². The maximum atomic E-state index is 5.64. The lowest BCUT2D eigenvalue weighted by atomic mass is 9.98. The van der Waals surface area contributed by atoms with Gasteiger partial charge in [-0.05, 0) is 43.5 Å². The molecule has 0 amide bonds. The lowest BCUT2D eigenvalue weighted by Gasteiger charge is -2.15. The molecule has 0 spiro atoms. The standard InChI is InChI=1S/C14H18N2O/c1-9-4-5-12(6-10(9)2)14(16-15)13-7-11(3)17-8-13/h4-8,14,16H,15H2,1-3H3. The number of aryl methyl sites for hydroxylation is 3. The van der Waals surface area contributed by atoms with Gasteiger partial charge in [0.25, 0.3) is 0 Å². The lowest BCUT2D eigenvalue weighted by molar-refractivity contribution is 0.525. The Morgan fingerprint density at radius 3 is 2.35 bits per heavy atom. The average Bonchev–Trinajstić information content (AvgIpc) is 2.71. The lowest BCUT2D eigenvalue weighted by Crippen LogP contribution is -2.28. The second kappa shape index (κ2) is 4.73. The summed E-state index contributed by atoms with van der Waals surface area (Å²) in [5, 5.41) is 0. The van der Waals surface area contributed by atoms with Crippen LogP contribution < -0.4 is 11.3 Å². The SMILES string of the molecule is Cc1cc(C(NN)c2ccc(C)c(C)c2)co1. The molecule has 1 aromatic heterocycles. The Hall–Kier alpha value is -1.58. The van der Waals surface area contributed by atoms with E-state index in [2.05, 4.69) is 37.5 Å². The molecule has 0 saturated carbocycles. The predicted octanol–water partition coefficient (Wildman–Crippen LogP) is 2.76. The van der Waals surface area contributed by atoms with Gasteiger partial charge in [-0.1, -0.05) is 18.2 Å². The number of rotatable bonds is 3. The van der Waals surface area contributed by atoms with E-state index in [0.717, 1.165) is 16.9 Å². The Bertz CT molecular complexity index is 517. The van der Waals surface area contributed by atoms with Crippen LogP contribution in [0, 0.1) is 20.8 Å². The van der Waals surface area contributed by atoms with E-state index in [9.17, 15) is 0 Å². The zero-order valence-electron chi connectivity index (χ0n) is 10.4. The third-order valence-electron chi connectivity index (χ3n) is 3.12. The molecule has 17 heavy (non-hydrogen) atoms. The van der Waals surface area contributed by atoms with Crippen molar-refractivity contribution in [3.63, 3.8) is 0 Å². The molecule has 0 aliphatic carbocycles. The maximum absolute atomic E-state index is 5.64. The van der Waals surface area contributed by atoms with Gasteiger partial charge in [-0.2, -0.15) is 0 Å². The Morgan fingerprint density at radius 2 is 1.82 bits per heavy atom. The normalized spacial score (nSPS) is 12.7. The second-order valence-electron chi connectivity index (χ2n) is 4.43. The fraction of sp³-hybridized carbons (Fsp3) is 0.286. The highest BCUT2D eigenvalue weighted by Gasteiger charge is 2.14. The molecule has 90 valence electrons. The number of benzene rings is 1. The summed E-state index contributed by atoms with van der Waals surface area (Å²) in [5.74, 6) is 6.54. The van der Waals surface area contributed by atoms with Crippen molar-refractivity contribution >= 4 is 0 Å². The van der Waals surface area contributed by atoms with Crippen LogP contribution in [0.2, 0.25) is 0 Å². The van der Waals surface area contributed by atoms with Crippen LogP contribution in [-0.4, -0.2) is 0 Å². The third-order valence-corrected chi connectivity index (χ3v) is 3.12. The third kappa shape index (κ3) is 2.40. The van der Waals surface area contributed by atoms with Crippen LogP contribution in [0.1, 0.15) is 34.1 Å². The molecule has 0 aliphatic rings. The number of furan rings is 1. The predicted molar refractivity (Wildman–Crippen MR) is 68.5 cm³/mol. The van der Waals surface area contributed by atoms with Gasteiger partial charge >= 0.3 is 0 Å². The van der Waals surface area contributed by atoms with E-state index in [-0.39, 0.29) is 6.04 Å². The van der Waals surface area contributed by atoms with Gasteiger partial charge in [0.2, 0.25) is 0 Å². The highest BCUT2D eigenvalue weighted by molar-refractivity contribution is 5.36. The summed E-state index contributed by atoms with van der Waals surface area (Å²) in [7, 11) is 0. The van der Waals surface area contributed by atoms with E-state index in [1.165, 1.54) is 11.1 Å². The summed E-state index contributed by atoms with van der Waals surface area (Å²) >= 11 is 0. The van der Waals surface area contributed by atoms with Crippen molar-refractivity contribution in [3.05, 3.63) is 58.5 Å². The Labute approximate surface area is 102 Å². The van der Waals surface area contributed by atoms with E-state index in [1.54, 1.807) is 6.26 Å². The van der Waals surface area contributed by atoms with Crippen molar-refractivity contribution in [2.24, 2.45) is 5.84 Å². The van der Waals surface area contributed by atoms with E-state index in [4.69, 9.17) is 10.3 Å². The van der Waals surface area contributed by atoms with Crippen molar-refractivity contribution < 1.29 is 4.42 Å². The van der Waals surface area contributed by atoms with E-state index in [0.29, 0.717) is 0 Å². The first-order valence-electron chi connectivity index (χ1n) is 5.70. The molecule has 0 aliphatic heterocycles. The van der Waals surface area contributed by atoms with E-state index >= 15 is 0 Å². The molecular weight excluding hydrogens is 212 g/mol. The fourth-order valence-corrected chi connectivity index (χ4v) is 1.94. The topological polar surface area (TPSA) is 51.2 Å². The summed E-state index contributed by atoms with van der Waals surface area (Å²) in [5.41, 5.74) is 7.59. The first kappa shape index (κ1) is 11.9. The van der Waals surface area contributed by atoms with Gasteiger partial charge in [-0.3, -0.25) is 5.84 Å². The molecule has 3 heteroatoms.